The first-order valence-electron chi connectivity index (χ1n) is 7.70. The molecule has 2 aromatic carbocycles. The van der Waals surface area contributed by atoms with E-state index < -0.39 is 9.84 Å². The van der Waals surface area contributed by atoms with Crippen molar-refractivity contribution in [3.05, 3.63) is 71.5 Å². The van der Waals surface area contributed by atoms with Crippen LogP contribution in [0.1, 0.15) is 17.5 Å². The number of amides is 1. The predicted octanol–water partition coefficient (Wildman–Crippen LogP) is 2.49. The third-order valence-electron chi connectivity index (χ3n) is 3.46. The first kappa shape index (κ1) is 18.1. The fourth-order valence-electron chi connectivity index (χ4n) is 2.27. The Labute approximate surface area is 141 Å². The lowest BCUT2D eigenvalue weighted by atomic mass is 10.1. The van der Waals surface area contributed by atoms with E-state index >= 15 is 0 Å². The van der Waals surface area contributed by atoms with Crippen molar-refractivity contribution in [1.82, 2.24) is 5.32 Å². The summed E-state index contributed by atoms with van der Waals surface area (Å²) < 4.78 is 36.8. The Hall–Kier alpha value is -2.21. The third kappa shape index (κ3) is 6.50. The molecule has 0 fully saturated rings. The predicted molar refractivity (Wildman–Crippen MR) is 91.7 cm³/mol. The molecule has 0 bridgehead atoms. The van der Waals surface area contributed by atoms with Crippen LogP contribution in [0.3, 0.4) is 0 Å². The molecule has 6 heteroatoms. The number of hydrogen-bond donors (Lipinski definition) is 1. The number of nitrogens with one attached hydrogen (secondary N) is 1. The van der Waals surface area contributed by atoms with E-state index in [0.29, 0.717) is 18.5 Å². The highest BCUT2D eigenvalue weighted by atomic mass is 32.2. The largest absolute Gasteiger partial charge is 0.356 e. The highest BCUT2D eigenvalue weighted by molar-refractivity contribution is 7.90. The van der Waals surface area contributed by atoms with Crippen LogP contribution in [-0.4, -0.2) is 26.6 Å². The second-order valence-electron chi connectivity index (χ2n) is 5.58. The van der Waals surface area contributed by atoms with E-state index in [1.165, 1.54) is 12.1 Å². The van der Waals surface area contributed by atoms with Gasteiger partial charge in [0.1, 0.15) is 5.82 Å². The minimum atomic E-state index is -3.19. The standard InChI is InChI=1S/C18H20FNO3S/c19-17-9-7-15(8-10-17)13-18(21)20-11-4-12-24(22,23)14-16-5-2-1-3-6-16/h1-3,5-10H,4,11-14H2,(H,20,21). The zero-order chi connectivity index (χ0) is 17.4. The quantitative estimate of drug-likeness (QED) is 0.745. The van der Waals surface area contributed by atoms with Gasteiger partial charge >= 0.3 is 0 Å². The number of rotatable bonds is 8. The van der Waals surface area contributed by atoms with E-state index in [9.17, 15) is 17.6 Å². The second kappa shape index (κ2) is 8.59. The molecule has 0 saturated carbocycles. The first-order valence-corrected chi connectivity index (χ1v) is 9.52. The van der Waals surface area contributed by atoms with Gasteiger partial charge in [-0.2, -0.15) is 0 Å². The summed E-state index contributed by atoms with van der Waals surface area (Å²) in [5.41, 5.74) is 1.48. The van der Waals surface area contributed by atoms with E-state index in [1.54, 1.807) is 36.4 Å². The molecule has 0 radical (unpaired) electrons. The van der Waals surface area contributed by atoms with Crippen molar-refractivity contribution in [2.75, 3.05) is 12.3 Å². The van der Waals surface area contributed by atoms with Gasteiger partial charge in [-0.25, -0.2) is 12.8 Å². The number of halogens is 1. The molecule has 0 saturated heterocycles. The maximum atomic E-state index is 12.8. The summed E-state index contributed by atoms with van der Waals surface area (Å²) in [4.78, 5) is 11.8. The molecular formula is C18H20FNO3S. The molecule has 0 aliphatic carbocycles. The molecule has 0 unspecified atom stereocenters. The average molecular weight is 349 g/mol. The van der Waals surface area contributed by atoms with Crippen molar-refractivity contribution in [3.63, 3.8) is 0 Å². The van der Waals surface area contributed by atoms with Gasteiger partial charge in [-0.15, -0.1) is 0 Å². The van der Waals surface area contributed by atoms with Crippen molar-refractivity contribution >= 4 is 15.7 Å². The summed E-state index contributed by atoms with van der Waals surface area (Å²) in [5, 5.41) is 2.69. The molecule has 2 aromatic rings. The number of carbonyl (C=O) groups excluding carboxylic acids is 1. The molecule has 1 N–H and O–H groups in total. The number of carbonyl (C=O) groups is 1. The van der Waals surface area contributed by atoms with Crippen molar-refractivity contribution in [2.24, 2.45) is 0 Å². The van der Waals surface area contributed by atoms with Gasteiger partial charge in [0, 0.05) is 6.54 Å². The van der Waals surface area contributed by atoms with Crippen LogP contribution < -0.4 is 5.32 Å². The van der Waals surface area contributed by atoms with Crippen LogP contribution >= 0.6 is 0 Å². The summed E-state index contributed by atoms with van der Waals surface area (Å²) >= 11 is 0. The number of hydrogen-bond acceptors (Lipinski definition) is 3. The van der Waals surface area contributed by atoms with Gasteiger partial charge in [0.25, 0.3) is 0 Å². The Morgan fingerprint density at radius 1 is 0.958 bits per heavy atom. The van der Waals surface area contributed by atoms with E-state index in [0.717, 1.165) is 5.56 Å². The maximum Gasteiger partial charge on any atom is 0.224 e. The molecule has 128 valence electrons. The molecule has 0 heterocycles. The molecule has 24 heavy (non-hydrogen) atoms. The topological polar surface area (TPSA) is 63.2 Å². The highest BCUT2D eigenvalue weighted by Crippen LogP contribution is 2.07. The van der Waals surface area contributed by atoms with Crippen LogP contribution in [0, 0.1) is 5.82 Å². The second-order valence-corrected chi connectivity index (χ2v) is 7.77. The summed E-state index contributed by atoms with van der Waals surface area (Å²) in [6, 6.07) is 14.7. The summed E-state index contributed by atoms with van der Waals surface area (Å²) in [6.07, 6.45) is 0.515. The van der Waals surface area contributed by atoms with Gasteiger partial charge in [-0.1, -0.05) is 42.5 Å². The van der Waals surface area contributed by atoms with E-state index in [2.05, 4.69) is 5.32 Å². The smallest absolute Gasteiger partial charge is 0.224 e. The molecule has 4 nitrogen and oxygen atoms in total. The summed E-state index contributed by atoms with van der Waals surface area (Å²) in [5.74, 6) is -0.513. The number of sulfone groups is 1. The molecule has 0 atom stereocenters. The van der Waals surface area contributed by atoms with Crippen LogP contribution in [0.15, 0.2) is 54.6 Å². The molecule has 0 aliphatic heterocycles. The lowest BCUT2D eigenvalue weighted by Gasteiger charge is -2.07. The lowest BCUT2D eigenvalue weighted by Crippen LogP contribution is -2.27. The third-order valence-corrected chi connectivity index (χ3v) is 5.15. The monoisotopic (exact) mass is 349 g/mol. The molecular weight excluding hydrogens is 329 g/mol. The van der Waals surface area contributed by atoms with Crippen molar-refractivity contribution in [1.29, 1.82) is 0 Å². The van der Waals surface area contributed by atoms with E-state index in [4.69, 9.17) is 0 Å². The van der Waals surface area contributed by atoms with Crippen LogP contribution in [0.25, 0.3) is 0 Å². The highest BCUT2D eigenvalue weighted by Gasteiger charge is 2.12. The zero-order valence-electron chi connectivity index (χ0n) is 13.2. The molecule has 1 amide bonds. The van der Waals surface area contributed by atoms with Crippen molar-refractivity contribution in [2.45, 2.75) is 18.6 Å². The van der Waals surface area contributed by atoms with Crippen molar-refractivity contribution in [3.8, 4) is 0 Å². The van der Waals surface area contributed by atoms with Crippen LogP contribution in [0.4, 0.5) is 4.39 Å². The van der Waals surface area contributed by atoms with E-state index in [-0.39, 0.29) is 29.7 Å². The Kier molecular flexibility index (Phi) is 6.49. The van der Waals surface area contributed by atoms with Gasteiger partial charge in [0.15, 0.2) is 9.84 Å². The minimum absolute atomic E-state index is 0.0113. The lowest BCUT2D eigenvalue weighted by molar-refractivity contribution is -0.120. The molecule has 2 rings (SSSR count). The summed E-state index contributed by atoms with van der Waals surface area (Å²) in [7, 11) is -3.19. The Morgan fingerprint density at radius 2 is 1.62 bits per heavy atom. The Bertz CT molecular complexity index is 759. The normalized spacial score (nSPS) is 11.2. The number of benzene rings is 2. The van der Waals surface area contributed by atoms with Crippen LogP contribution in [0.5, 0.6) is 0 Å². The van der Waals surface area contributed by atoms with Gasteiger partial charge in [0.05, 0.1) is 17.9 Å². The maximum absolute atomic E-state index is 12.8. The zero-order valence-corrected chi connectivity index (χ0v) is 14.1. The van der Waals surface area contributed by atoms with Crippen LogP contribution in [0.2, 0.25) is 0 Å². The fraction of sp³-hybridized carbons (Fsp3) is 0.278. The molecule has 0 spiro atoms. The van der Waals surface area contributed by atoms with E-state index in [1.807, 2.05) is 6.07 Å². The van der Waals surface area contributed by atoms with Gasteiger partial charge < -0.3 is 5.32 Å². The van der Waals surface area contributed by atoms with Crippen LogP contribution in [-0.2, 0) is 26.8 Å². The average Bonchev–Trinajstić information content (AvgIpc) is 2.54. The van der Waals surface area contributed by atoms with Crippen molar-refractivity contribution < 1.29 is 17.6 Å². The molecule has 0 aromatic heterocycles. The Morgan fingerprint density at radius 3 is 2.29 bits per heavy atom. The van der Waals surface area contributed by atoms with Gasteiger partial charge in [-0.3, -0.25) is 4.79 Å². The van der Waals surface area contributed by atoms with Gasteiger partial charge in [-0.05, 0) is 29.7 Å². The summed E-state index contributed by atoms with van der Waals surface area (Å²) in [6.45, 7) is 0.300. The first-order chi connectivity index (χ1) is 11.4. The Balaban J connectivity index is 1.70. The SMILES string of the molecule is O=C(Cc1ccc(F)cc1)NCCCS(=O)(=O)Cc1ccccc1. The van der Waals surface area contributed by atoms with Gasteiger partial charge in [0.2, 0.25) is 5.91 Å². The molecule has 0 aliphatic rings. The fourth-order valence-corrected chi connectivity index (χ4v) is 3.70. The minimum Gasteiger partial charge on any atom is -0.356 e.